The molecule has 1 N–H and O–H groups in total. The van der Waals surface area contributed by atoms with E-state index in [-0.39, 0.29) is 51.2 Å². The number of phenolic OH excluding ortho intramolecular Hbond substituents is 1. The molecule has 0 amide bonds. The van der Waals surface area contributed by atoms with E-state index >= 15 is 0 Å². The third-order valence-electron chi connectivity index (χ3n) is 6.32. The molecule has 0 spiro atoms. The summed E-state index contributed by atoms with van der Waals surface area (Å²) in [6.45, 7) is 9.89. The minimum atomic E-state index is -0.419. The highest BCUT2D eigenvalue weighted by molar-refractivity contribution is 6.09. The zero-order chi connectivity index (χ0) is 22.0. The lowest BCUT2D eigenvalue weighted by atomic mass is 9.72. The van der Waals surface area contributed by atoms with E-state index in [1.807, 2.05) is 40.7 Å². The molecule has 1 aliphatic carbocycles. The number of methoxy groups -OCH3 is 1. The van der Waals surface area contributed by atoms with Crippen molar-refractivity contribution in [2.24, 2.45) is 5.41 Å². The Morgan fingerprint density at radius 3 is 2.63 bits per heavy atom. The SMILES string of the molecule is COc1c(O)cc(CC=C(C)C)c2c(=O)c3c(oc12)C1C(=CC3=O)OC(C)C1(C)C. The van der Waals surface area contributed by atoms with Crippen LogP contribution in [0.1, 0.15) is 62.2 Å². The van der Waals surface area contributed by atoms with Crippen molar-refractivity contribution < 1.29 is 23.8 Å². The first kappa shape index (κ1) is 20.3. The Balaban J connectivity index is 2.10. The molecule has 1 fully saturated rings. The van der Waals surface area contributed by atoms with Crippen molar-refractivity contribution >= 4 is 16.8 Å². The fourth-order valence-electron chi connectivity index (χ4n) is 4.34. The number of phenols is 1. The number of fused-ring (bicyclic) bond motifs is 4. The summed E-state index contributed by atoms with van der Waals surface area (Å²) in [7, 11) is 1.41. The fraction of sp³-hybridized carbons (Fsp3) is 0.417. The summed E-state index contributed by atoms with van der Waals surface area (Å²) in [6, 6.07) is 1.50. The molecule has 6 heteroatoms. The van der Waals surface area contributed by atoms with Gasteiger partial charge in [-0.1, -0.05) is 25.5 Å². The second kappa shape index (κ2) is 6.76. The van der Waals surface area contributed by atoms with Gasteiger partial charge in [-0.15, -0.1) is 0 Å². The molecule has 0 bridgehead atoms. The van der Waals surface area contributed by atoms with Crippen LogP contribution in [0.4, 0.5) is 0 Å². The molecule has 1 aromatic carbocycles. The molecule has 1 saturated heterocycles. The maximum absolute atomic E-state index is 13.6. The van der Waals surface area contributed by atoms with Crippen LogP contribution in [0.5, 0.6) is 11.5 Å². The van der Waals surface area contributed by atoms with Gasteiger partial charge in [-0.05, 0) is 38.8 Å². The summed E-state index contributed by atoms with van der Waals surface area (Å²) in [5.41, 5.74) is 1.05. The van der Waals surface area contributed by atoms with E-state index in [0.717, 1.165) is 5.57 Å². The van der Waals surface area contributed by atoms with Crippen molar-refractivity contribution in [2.45, 2.75) is 53.1 Å². The van der Waals surface area contributed by atoms with E-state index in [1.54, 1.807) is 0 Å². The van der Waals surface area contributed by atoms with Gasteiger partial charge >= 0.3 is 0 Å². The highest BCUT2D eigenvalue weighted by Gasteiger charge is 2.52. The predicted molar refractivity (Wildman–Crippen MR) is 113 cm³/mol. The highest BCUT2D eigenvalue weighted by atomic mass is 16.5. The van der Waals surface area contributed by atoms with Crippen LogP contribution in [-0.4, -0.2) is 24.1 Å². The molecule has 1 aliphatic heterocycles. The Morgan fingerprint density at radius 2 is 2.00 bits per heavy atom. The summed E-state index contributed by atoms with van der Waals surface area (Å²) < 4.78 is 17.5. The van der Waals surface area contributed by atoms with E-state index in [0.29, 0.717) is 17.7 Å². The van der Waals surface area contributed by atoms with Crippen molar-refractivity contribution in [1.29, 1.82) is 0 Å². The first-order chi connectivity index (χ1) is 14.1. The van der Waals surface area contributed by atoms with Crippen LogP contribution < -0.4 is 10.2 Å². The minimum Gasteiger partial charge on any atom is -0.504 e. The lowest BCUT2D eigenvalue weighted by Crippen LogP contribution is -2.31. The van der Waals surface area contributed by atoms with E-state index in [4.69, 9.17) is 13.9 Å². The van der Waals surface area contributed by atoms with Gasteiger partial charge in [0, 0.05) is 11.5 Å². The molecular weight excluding hydrogens is 384 g/mol. The Bertz CT molecular complexity index is 1190. The van der Waals surface area contributed by atoms with Crippen molar-refractivity contribution in [3.05, 3.63) is 56.7 Å². The molecule has 0 saturated carbocycles. The number of carbonyl (C=O) groups is 1. The van der Waals surface area contributed by atoms with E-state index in [2.05, 4.69) is 0 Å². The number of ketones is 1. The van der Waals surface area contributed by atoms with Gasteiger partial charge in [0.05, 0.1) is 18.4 Å². The second-order valence-corrected chi connectivity index (χ2v) is 8.87. The lowest BCUT2D eigenvalue weighted by Gasteiger charge is -2.29. The number of benzene rings is 1. The molecule has 1 aromatic heterocycles. The van der Waals surface area contributed by atoms with Crippen molar-refractivity contribution in [3.8, 4) is 11.5 Å². The van der Waals surface area contributed by atoms with Crippen molar-refractivity contribution in [3.63, 3.8) is 0 Å². The topological polar surface area (TPSA) is 86.0 Å². The first-order valence-corrected chi connectivity index (χ1v) is 10.0. The zero-order valence-corrected chi connectivity index (χ0v) is 18.1. The van der Waals surface area contributed by atoms with E-state index < -0.39 is 11.2 Å². The average molecular weight is 410 g/mol. The number of allylic oxidation sites excluding steroid dienone is 4. The summed E-state index contributed by atoms with van der Waals surface area (Å²) in [4.78, 5) is 26.5. The van der Waals surface area contributed by atoms with Crippen LogP contribution >= 0.6 is 0 Å². The summed E-state index contributed by atoms with van der Waals surface area (Å²) in [6.07, 6.45) is 3.63. The number of aromatic hydroxyl groups is 1. The highest BCUT2D eigenvalue weighted by Crippen LogP contribution is 2.54. The van der Waals surface area contributed by atoms with Gasteiger partial charge in [0.25, 0.3) is 0 Å². The van der Waals surface area contributed by atoms with Crippen LogP contribution in [0.15, 0.2) is 38.8 Å². The van der Waals surface area contributed by atoms with Crippen LogP contribution in [0.25, 0.3) is 11.0 Å². The average Bonchev–Trinajstić information content (AvgIpc) is 2.87. The van der Waals surface area contributed by atoms with Crippen LogP contribution in [0.2, 0.25) is 0 Å². The molecule has 4 rings (SSSR count). The van der Waals surface area contributed by atoms with Gasteiger partial charge in [-0.3, -0.25) is 9.59 Å². The Hall–Kier alpha value is -3.02. The first-order valence-electron chi connectivity index (χ1n) is 10.0. The predicted octanol–water partition coefficient (Wildman–Crippen LogP) is 4.62. The van der Waals surface area contributed by atoms with Crippen molar-refractivity contribution in [2.75, 3.05) is 7.11 Å². The minimum absolute atomic E-state index is 0.0354. The molecule has 158 valence electrons. The Labute approximate surface area is 174 Å². The largest absolute Gasteiger partial charge is 0.504 e. The molecule has 2 aromatic rings. The van der Waals surface area contributed by atoms with Crippen LogP contribution in [-0.2, 0) is 11.2 Å². The maximum atomic E-state index is 13.6. The standard InChI is InChI=1S/C24H26O6/c1-11(2)7-8-13-9-15(26)21(28-6)23-17(13)20(27)18-14(25)10-16-19(22(18)30-23)24(4,5)12(3)29-16/h7,9-10,12,19,26H,8H2,1-6H3. The number of rotatable bonds is 3. The Kier molecular flexibility index (Phi) is 4.56. The monoisotopic (exact) mass is 410 g/mol. The quantitative estimate of drug-likeness (QED) is 0.743. The number of hydrogen-bond donors (Lipinski definition) is 1. The van der Waals surface area contributed by atoms with Gasteiger partial charge < -0.3 is 19.0 Å². The third kappa shape index (κ3) is 2.77. The van der Waals surface area contributed by atoms with Gasteiger partial charge in [0.1, 0.15) is 23.2 Å². The van der Waals surface area contributed by atoms with Gasteiger partial charge in [-0.25, -0.2) is 0 Å². The molecule has 6 nitrogen and oxygen atoms in total. The molecule has 30 heavy (non-hydrogen) atoms. The summed E-state index contributed by atoms with van der Waals surface area (Å²) in [5.74, 6) is -0.0296. The van der Waals surface area contributed by atoms with Gasteiger partial charge in [0.2, 0.25) is 11.2 Å². The van der Waals surface area contributed by atoms with E-state index in [9.17, 15) is 14.7 Å². The van der Waals surface area contributed by atoms with E-state index in [1.165, 1.54) is 19.3 Å². The van der Waals surface area contributed by atoms with Crippen molar-refractivity contribution in [1.82, 2.24) is 0 Å². The lowest BCUT2D eigenvalue weighted by molar-refractivity contribution is 0.101. The van der Waals surface area contributed by atoms with Crippen LogP contribution in [0, 0.1) is 5.41 Å². The molecule has 2 atom stereocenters. The maximum Gasteiger partial charge on any atom is 0.204 e. The van der Waals surface area contributed by atoms with Crippen LogP contribution in [0.3, 0.4) is 0 Å². The smallest absolute Gasteiger partial charge is 0.204 e. The molecule has 2 aliphatic rings. The summed E-state index contributed by atoms with van der Waals surface area (Å²) >= 11 is 0. The number of hydrogen-bond acceptors (Lipinski definition) is 6. The summed E-state index contributed by atoms with van der Waals surface area (Å²) in [5, 5.41) is 10.8. The fourth-order valence-corrected chi connectivity index (χ4v) is 4.34. The molecule has 2 unspecified atom stereocenters. The zero-order valence-electron chi connectivity index (χ0n) is 18.1. The third-order valence-corrected chi connectivity index (χ3v) is 6.32. The van der Waals surface area contributed by atoms with Gasteiger partial charge in [0.15, 0.2) is 17.1 Å². The normalized spacial score (nSPS) is 21.5. The Morgan fingerprint density at radius 1 is 1.30 bits per heavy atom. The molecule has 0 radical (unpaired) electrons. The second-order valence-electron chi connectivity index (χ2n) is 8.87. The number of carbonyl (C=O) groups excluding carboxylic acids is 1. The van der Waals surface area contributed by atoms with Gasteiger partial charge in [-0.2, -0.15) is 0 Å². The molecular formula is C24H26O6. The molecule has 2 heterocycles. The number of ether oxygens (including phenoxy) is 2.